The number of likely N-dealkylation sites (tertiary alicyclic amines) is 1. The maximum atomic E-state index is 12.8. The second-order valence-corrected chi connectivity index (χ2v) is 7.42. The Morgan fingerprint density at radius 3 is 2.89 bits per heavy atom. The van der Waals surface area contributed by atoms with Gasteiger partial charge in [-0.2, -0.15) is 5.10 Å². The highest BCUT2D eigenvalue weighted by atomic mass is 16.5. The van der Waals surface area contributed by atoms with Gasteiger partial charge in [0.05, 0.1) is 12.3 Å². The van der Waals surface area contributed by atoms with E-state index in [1.165, 1.54) is 5.56 Å². The van der Waals surface area contributed by atoms with Crippen LogP contribution in [-0.4, -0.2) is 56.9 Å². The maximum absolute atomic E-state index is 12.8. The number of piperidine rings is 1. The van der Waals surface area contributed by atoms with Crippen molar-refractivity contribution in [3.8, 4) is 0 Å². The molecule has 27 heavy (non-hydrogen) atoms. The number of imidazole rings is 1. The van der Waals surface area contributed by atoms with Crippen molar-refractivity contribution in [1.82, 2.24) is 24.2 Å². The number of hydrogen-bond acceptors (Lipinski definition) is 4. The number of carbonyl (C=O) groups is 1. The number of aromatic nitrogens is 4. The first kappa shape index (κ1) is 19.6. The standard InChI is InChI=1S/C20H31N5O2/c1-15-18(16(2)23(3)22-15)7-8-19(26)25-10-5-6-17(14-25)20-21-9-11-24(20)12-13-27-4/h9,11,17H,5-8,10,12-14H2,1-4H3/t17-/m0/s1. The highest BCUT2D eigenvalue weighted by Gasteiger charge is 2.27. The minimum atomic E-state index is 0.234. The number of amides is 1. The first-order chi connectivity index (χ1) is 13.0. The van der Waals surface area contributed by atoms with E-state index in [4.69, 9.17) is 4.74 Å². The van der Waals surface area contributed by atoms with Crippen LogP contribution in [0.1, 0.15) is 48.0 Å². The molecule has 2 aromatic heterocycles. The van der Waals surface area contributed by atoms with Gasteiger partial charge in [0.1, 0.15) is 5.82 Å². The summed E-state index contributed by atoms with van der Waals surface area (Å²) in [4.78, 5) is 19.4. The Morgan fingerprint density at radius 2 is 2.19 bits per heavy atom. The van der Waals surface area contributed by atoms with Gasteiger partial charge in [-0.1, -0.05) is 0 Å². The normalized spacial score (nSPS) is 17.5. The summed E-state index contributed by atoms with van der Waals surface area (Å²) < 4.78 is 9.24. The summed E-state index contributed by atoms with van der Waals surface area (Å²) in [5, 5.41) is 4.45. The Morgan fingerprint density at radius 1 is 1.37 bits per heavy atom. The van der Waals surface area contributed by atoms with Gasteiger partial charge in [-0.3, -0.25) is 9.48 Å². The number of hydrogen-bond donors (Lipinski definition) is 0. The van der Waals surface area contributed by atoms with Crippen molar-refractivity contribution in [2.24, 2.45) is 7.05 Å². The van der Waals surface area contributed by atoms with Gasteiger partial charge in [0.15, 0.2) is 0 Å². The monoisotopic (exact) mass is 373 g/mol. The molecule has 3 heterocycles. The Balaban J connectivity index is 1.60. The van der Waals surface area contributed by atoms with E-state index in [2.05, 4.69) is 21.6 Å². The van der Waals surface area contributed by atoms with Crippen molar-refractivity contribution >= 4 is 5.91 Å². The fourth-order valence-electron chi connectivity index (χ4n) is 4.04. The average molecular weight is 374 g/mol. The van der Waals surface area contributed by atoms with Gasteiger partial charge < -0.3 is 14.2 Å². The molecule has 148 valence electrons. The minimum Gasteiger partial charge on any atom is -0.383 e. The molecule has 1 amide bonds. The van der Waals surface area contributed by atoms with Crippen LogP contribution in [0, 0.1) is 13.8 Å². The van der Waals surface area contributed by atoms with E-state index < -0.39 is 0 Å². The predicted octanol–water partition coefficient (Wildman–Crippen LogP) is 2.22. The number of nitrogens with zero attached hydrogens (tertiary/aromatic N) is 5. The molecule has 1 aliphatic heterocycles. The molecule has 0 radical (unpaired) electrons. The first-order valence-corrected chi connectivity index (χ1v) is 9.78. The lowest BCUT2D eigenvalue weighted by atomic mass is 9.96. The summed E-state index contributed by atoms with van der Waals surface area (Å²) in [6, 6.07) is 0. The lowest BCUT2D eigenvalue weighted by Gasteiger charge is -2.33. The second-order valence-electron chi connectivity index (χ2n) is 7.42. The molecule has 0 N–H and O–H groups in total. The van der Waals surface area contributed by atoms with E-state index in [1.807, 2.05) is 35.9 Å². The molecule has 0 spiro atoms. The summed E-state index contributed by atoms with van der Waals surface area (Å²) in [6.45, 7) is 7.16. The minimum absolute atomic E-state index is 0.234. The van der Waals surface area contributed by atoms with Crippen molar-refractivity contribution in [3.63, 3.8) is 0 Å². The predicted molar refractivity (Wildman–Crippen MR) is 104 cm³/mol. The summed E-state index contributed by atoms with van der Waals surface area (Å²) >= 11 is 0. The Hall–Kier alpha value is -2.15. The second kappa shape index (κ2) is 8.69. The van der Waals surface area contributed by atoms with Crippen LogP contribution >= 0.6 is 0 Å². The van der Waals surface area contributed by atoms with E-state index in [0.29, 0.717) is 18.9 Å². The number of aryl methyl sites for hydroxylation is 2. The number of carbonyl (C=O) groups excluding carboxylic acids is 1. The zero-order chi connectivity index (χ0) is 19.4. The van der Waals surface area contributed by atoms with Crippen molar-refractivity contribution in [1.29, 1.82) is 0 Å². The summed E-state index contributed by atoms with van der Waals surface area (Å²) in [7, 11) is 3.66. The van der Waals surface area contributed by atoms with Crippen LogP contribution in [0.25, 0.3) is 0 Å². The van der Waals surface area contributed by atoms with Crippen LogP contribution in [-0.2, 0) is 29.5 Å². The first-order valence-electron chi connectivity index (χ1n) is 9.78. The molecule has 1 atom stereocenters. The van der Waals surface area contributed by atoms with Gasteiger partial charge in [0, 0.05) is 64.2 Å². The molecule has 0 aromatic carbocycles. The molecule has 3 rings (SSSR count). The third-order valence-corrected chi connectivity index (χ3v) is 5.67. The van der Waals surface area contributed by atoms with Gasteiger partial charge in [-0.25, -0.2) is 4.98 Å². The highest BCUT2D eigenvalue weighted by Crippen LogP contribution is 2.26. The van der Waals surface area contributed by atoms with Crippen molar-refractivity contribution in [2.75, 3.05) is 26.8 Å². The van der Waals surface area contributed by atoms with Gasteiger partial charge in [-0.05, 0) is 38.7 Å². The third kappa shape index (κ3) is 4.40. The summed E-state index contributed by atoms with van der Waals surface area (Å²) in [6.07, 6.45) is 7.25. The van der Waals surface area contributed by atoms with Crippen molar-refractivity contribution in [2.45, 2.75) is 52.0 Å². The van der Waals surface area contributed by atoms with Gasteiger partial charge >= 0.3 is 0 Å². The molecule has 1 fully saturated rings. The third-order valence-electron chi connectivity index (χ3n) is 5.67. The van der Waals surface area contributed by atoms with E-state index in [0.717, 1.165) is 56.1 Å². The van der Waals surface area contributed by atoms with Crippen molar-refractivity contribution in [3.05, 3.63) is 35.2 Å². The van der Waals surface area contributed by atoms with Crippen LogP contribution in [0.4, 0.5) is 0 Å². The summed E-state index contributed by atoms with van der Waals surface area (Å²) in [5.74, 6) is 1.61. The fraction of sp³-hybridized carbons (Fsp3) is 0.650. The lowest BCUT2D eigenvalue weighted by Crippen LogP contribution is -2.40. The quantitative estimate of drug-likeness (QED) is 0.746. The SMILES string of the molecule is COCCn1ccnc1[C@H]1CCCN(C(=O)CCc2c(C)nn(C)c2C)C1. The molecule has 0 aliphatic carbocycles. The highest BCUT2D eigenvalue weighted by molar-refractivity contribution is 5.76. The molecule has 7 heteroatoms. The molecule has 0 unspecified atom stereocenters. The molecule has 1 aliphatic rings. The topological polar surface area (TPSA) is 65.2 Å². The van der Waals surface area contributed by atoms with E-state index in [9.17, 15) is 4.79 Å². The van der Waals surface area contributed by atoms with E-state index in [-0.39, 0.29) is 5.91 Å². The van der Waals surface area contributed by atoms with Crippen LogP contribution in [0.5, 0.6) is 0 Å². The Labute approximate surface area is 161 Å². The average Bonchev–Trinajstić information content (AvgIpc) is 3.23. The van der Waals surface area contributed by atoms with Crippen molar-refractivity contribution < 1.29 is 9.53 Å². The van der Waals surface area contributed by atoms with E-state index >= 15 is 0 Å². The molecule has 0 bridgehead atoms. The van der Waals surface area contributed by atoms with Gasteiger partial charge in [-0.15, -0.1) is 0 Å². The number of ether oxygens (including phenoxy) is 1. The zero-order valence-corrected chi connectivity index (χ0v) is 16.9. The Bertz CT molecular complexity index is 779. The molecule has 2 aromatic rings. The summed E-state index contributed by atoms with van der Waals surface area (Å²) in [5.41, 5.74) is 3.38. The molecule has 7 nitrogen and oxygen atoms in total. The fourth-order valence-corrected chi connectivity index (χ4v) is 4.04. The maximum Gasteiger partial charge on any atom is 0.222 e. The Kier molecular flexibility index (Phi) is 6.31. The number of methoxy groups -OCH3 is 1. The van der Waals surface area contributed by atoms with Crippen LogP contribution < -0.4 is 0 Å². The van der Waals surface area contributed by atoms with Gasteiger partial charge in [0.2, 0.25) is 5.91 Å². The van der Waals surface area contributed by atoms with Gasteiger partial charge in [0.25, 0.3) is 0 Å². The smallest absolute Gasteiger partial charge is 0.222 e. The molecular formula is C20H31N5O2. The zero-order valence-electron chi connectivity index (χ0n) is 16.9. The number of rotatable bonds is 7. The lowest BCUT2D eigenvalue weighted by molar-refractivity contribution is -0.132. The molecule has 1 saturated heterocycles. The molecular weight excluding hydrogens is 342 g/mol. The van der Waals surface area contributed by atoms with E-state index in [1.54, 1.807) is 7.11 Å². The largest absolute Gasteiger partial charge is 0.383 e. The molecule has 0 saturated carbocycles. The van der Waals surface area contributed by atoms with Crippen LogP contribution in [0.2, 0.25) is 0 Å². The van der Waals surface area contributed by atoms with Crippen LogP contribution in [0.3, 0.4) is 0 Å². The van der Waals surface area contributed by atoms with Crippen LogP contribution in [0.15, 0.2) is 12.4 Å².